The predicted octanol–water partition coefficient (Wildman–Crippen LogP) is 1.66. The first-order valence-corrected chi connectivity index (χ1v) is 6.82. The molecule has 0 aromatic carbocycles. The summed E-state index contributed by atoms with van der Waals surface area (Å²) in [4.78, 5) is 4.18. The zero-order chi connectivity index (χ0) is 12.0. The molecule has 1 aromatic rings. The first kappa shape index (κ1) is 13.0. The summed E-state index contributed by atoms with van der Waals surface area (Å²) in [5.41, 5.74) is 0. The van der Waals surface area contributed by atoms with Gasteiger partial charge in [-0.05, 0) is 18.6 Å². The molecule has 90 valence electrons. The number of methoxy groups -OCH3 is 1. The van der Waals surface area contributed by atoms with Gasteiger partial charge in [-0.25, -0.2) is 4.98 Å². The zero-order valence-corrected chi connectivity index (χ0v) is 10.7. The highest BCUT2D eigenvalue weighted by atomic mass is 32.2. The predicted molar refractivity (Wildman–Crippen MR) is 67.4 cm³/mol. The molecule has 0 radical (unpaired) electrons. The van der Waals surface area contributed by atoms with E-state index in [0.29, 0.717) is 0 Å². The van der Waals surface area contributed by atoms with Crippen molar-refractivity contribution in [3.05, 3.63) is 18.3 Å². The topological polar surface area (TPSA) is 51.2 Å². The Kier molecular flexibility index (Phi) is 5.25. The molecule has 0 saturated carbocycles. The van der Waals surface area contributed by atoms with Gasteiger partial charge in [0.1, 0.15) is 0 Å². The van der Waals surface area contributed by atoms with E-state index in [1.54, 1.807) is 19.6 Å². The number of hydrogen-bond donors (Lipinski definition) is 1. The van der Waals surface area contributed by atoms with Crippen LogP contribution in [0.1, 0.15) is 13.3 Å². The van der Waals surface area contributed by atoms with Crippen molar-refractivity contribution >= 4 is 16.6 Å². The highest BCUT2D eigenvalue weighted by Gasteiger charge is 2.07. The van der Waals surface area contributed by atoms with Crippen LogP contribution in [0.2, 0.25) is 0 Å². The van der Waals surface area contributed by atoms with E-state index < -0.39 is 10.8 Å². The monoisotopic (exact) mass is 242 g/mol. The van der Waals surface area contributed by atoms with Crippen LogP contribution in [0.5, 0.6) is 5.75 Å². The lowest BCUT2D eigenvalue weighted by atomic mass is 10.3. The fraction of sp³-hybridized carbons (Fsp3) is 0.545. The molecule has 0 fully saturated rings. The fourth-order valence-corrected chi connectivity index (χ4v) is 1.70. The van der Waals surface area contributed by atoms with Crippen molar-refractivity contribution < 1.29 is 8.95 Å². The zero-order valence-electron chi connectivity index (χ0n) is 9.90. The smallest absolute Gasteiger partial charge is 0.168 e. The average Bonchev–Trinajstić information content (AvgIpc) is 2.29. The Hall–Kier alpha value is -1.10. The number of nitrogens with one attached hydrogen (secondary N) is 1. The number of hydrogen-bond acceptors (Lipinski definition) is 4. The molecule has 0 aliphatic heterocycles. The Morgan fingerprint density at radius 2 is 2.38 bits per heavy atom. The molecule has 1 aromatic heterocycles. The van der Waals surface area contributed by atoms with Gasteiger partial charge in [0.2, 0.25) is 0 Å². The summed E-state index contributed by atoms with van der Waals surface area (Å²) in [5, 5.41) is 3.38. The van der Waals surface area contributed by atoms with Crippen molar-refractivity contribution in [2.45, 2.75) is 18.6 Å². The molecular formula is C11H18N2O2S. The number of ether oxygens (including phenoxy) is 1. The summed E-state index contributed by atoms with van der Waals surface area (Å²) in [6.45, 7) is 2.72. The van der Waals surface area contributed by atoms with E-state index in [0.717, 1.165) is 24.5 Å². The molecule has 0 spiro atoms. The molecule has 4 nitrogen and oxygen atoms in total. The van der Waals surface area contributed by atoms with Gasteiger partial charge in [-0.3, -0.25) is 4.21 Å². The van der Waals surface area contributed by atoms with E-state index >= 15 is 0 Å². The van der Waals surface area contributed by atoms with Gasteiger partial charge in [0, 0.05) is 35.0 Å². The quantitative estimate of drug-likeness (QED) is 0.824. The van der Waals surface area contributed by atoms with E-state index in [1.165, 1.54) is 0 Å². The number of aromatic nitrogens is 1. The Labute approximate surface area is 98.9 Å². The summed E-state index contributed by atoms with van der Waals surface area (Å²) in [7, 11) is 0.850. The second kappa shape index (κ2) is 6.48. The molecule has 2 unspecified atom stereocenters. The summed E-state index contributed by atoms with van der Waals surface area (Å²) in [6, 6.07) is 3.68. The molecule has 1 N–H and O–H groups in total. The minimum absolute atomic E-state index is 0.196. The van der Waals surface area contributed by atoms with E-state index in [2.05, 4.69) is 10.3 Å². The molecule has 1 heterocycles. The Balaban J connectivity index is 2.45. The van der Waals surface area contributed by atoms with Crippen molar-refractivity contribution in [1.29, 1.82) is 0 Å². The summed E-state index contributed by atoms with van der Waals surface area (Å²) in [6.07, 6.45) is 4.29. The van der Waals surface area contributed by atoms with Crippen molar-refractivity contribution in [3.63, 3.8) is 0 Å². The van der Waals surface area contributed by atoms with E-state index in [9.17, 15) is 4.21 Å². The van der Waals surface area contributed by atoms with E-state index in [-0.39, 0.29) is 5.25 Å². The van der Waals surface area contributed by atoms with Crippen molar-refractivity contribution in [2.75, 3.05) is 25.2 Å². The minimum atomic E-state index is -0.767. The van der Waals surface area contributed by atoms with Crippen molar-refractivity contribution in [2.24, 2.45) is 0 Å². The van der Waals surface area contributed by atoms with Crippen LogP contribution in [0.3, 0.4) is 0 Å². The second-order valence-electron chi connectivity index (χ2n) is 3.58. The molecule has 0 aliphatic carbocycles. The van der Waals surface area contributed by atoms with Crippen LogP contribution in [0.15, 0.2) is 18.3 Å². The maximum atomic E-state index is 11.2. The van der Waals surface area contributed by atoms with Crippen LogP contribution in [0.25, 0.3) is 0 Å². The van der Waals surface area contributed by atoms with Crippen molar-refractivity contribution in [1.82, 2.24) is 4.98 Å². The SMILES string of the molecule is COc1cccnc1NCCC(C)S(C)=O. The summed E-state index contributed by atoms with van der Waals surface area (Å²) in [5.74, 6) is 1.46. The summed E-state index contributed by atoms with van der Waals surface area (Å²) < 4.78 is 16.3. The third-order valence-electron chi connectivity index (χ3n) is 2.40. The summed E-state index contributed by atoms with van der Waals surface area (Å²) >= 11 is 0. The van der Waals surface area contributed by atoms with E-state index in [4.69, 9.17) is 4.74 Å². The molecule has 1 rings (SSSR count). The van der Waals surface area contributed by atoms with Crippen LogP contribution in [-0.4, -0.2) is 34.4 Å². The van der Waals surface area contributed by atoms with Gasteiger partial charge in [-0.15, -0.1) is 0 Å². The first-order chi connectivity index (χ1) is 7.65. The van der Waals surface area contributed by atoms with Gasteiger partial charge in [0.05, 0.1) is 7.11 Å². The molecule has 2 atom stereocenters. The Morgan fingerprint density at radius 3 is 3.00 bits per heavy atom. The minimum Gasteiger partial charge on any atom is -0.493 e. The number of anilines is 1. The lowest BCUT2D eigenvalue weighted by molar-refractivity contribution is 0.415. The molecule has 16 heavy (non-hydrogen) atoms. The molecule has 0 amide bonds. The molecule has 0 saturated heterocycles. The first-order valence-electron chi connectivity index (χ1n) is 5.20. The lowest BCUT2D eigenvalue weighted by Crippen LogP contribution is -2.15. The highest BCUT2D eigenvalue weighted by molar-refractivity contribution is 7.84. The third-order valence-corrected chi connectivity index (χ3v) is 3.77. The fourth-order valence-electron chi connectivity index (χ4n) is 1.25. The maximum absolute atomic E-state index is 11.2. The molecule has 0 aliphatic rings. The van der Waals surface area contributed by atoms with Gasteiger partial charge in [-0.2, -0.15) is 0 Å². The van der Waals surface area contributed by atoms with Crippen LogP contribution in [0.4, 0.5) is 5.82 Å². The van der Waals surface area contributed by atoms with Crippen LogP contribution >= 0.6 is 0 Å². The highest BCUT2D eigenvalue weighted by Crippen LogP contribution is 2.19. The van der Waals surface area contributed by atoms with Gasteiger partial charge in [-0.1, -0.05) is 6.92 Å². The van der Waals surface area contributed by atoms with E-state index in [1.807, 2.05) is 19.1 Å². The van der Waals surface area contributed by atoms with Crippen LogP contribution in [0, 0.1) is 0 Å². The molecule has 5 heteroatoms. The van der Waals surface area contributed by atoms with Crippen LogP contribution < -0.4 is 10.1 Å². The standard InChI is InChI=1S/C11H18N2O2S/c1-9(16(3)14)6-8-13-11-10(15-2)5-4-7-12-11/h4-5,7,9H,6,8H2,1-3H3,(H,12,13). The second-order valence-corrected chi connectivity index (χ2v) is 5.38. The number of pyridine rings is 1. The van der Waals surface area contributed by atoms with Gasteiger partial charge in [0.25, 0.3) is 0 Å². The van der Waals surface area contributed by atoms with Gasteiger partial charge in [0.15, 0.2) is 11.6 Å². The Morgan fingerprint density at radius 1 is 1.62 bits per heavy atom. The molecule has 0 bridgehead atoms. The van der Waals surface area contributed by atoms with Gasteiger partial charge < -0.3 is 10.1 Å². The maximum Gasteiger partial charge on any atom is 0.168 e. The van der Waals surface area contributed by atoms with Gasteiger partial charge >= 0.3 is 0 Å². The third kappa shape index (κ3) is 3.81. The normalized spacial score (nSPS) is 14.2. The number of nitrogens with zero attached hydrogens (tertiary/aromatic N) is 1. The number of rotatable bonds is 6. The van der Waals surface area contributed by atoms with Crippen LogP contribution in [-0.2, 0) is 10.8 Å². The lowest BCUT2D eigenvalue weighted by Gasteiger charge is -2.11. The Bertz CT molecular complexity index is 358. The molecular weight excluding hydrogens is 224 g/mol. The average molecular weight is 242 g/mol. The van der Waals surface area contributed by atoms with Crippen molar-refractivity contribution in [3.8, 4) is 5.75 Å². The largest absolute Gasteiger partial charge is 0.493 e.